The number of ether oxygens (including phenoxy) is 2. The van der Waals surface area contributed by atoms with Crippen LogP contribution in [0.2, 0.25) is 0 Å². The van der Waals surface area contributed by atoms with Gasteiger partial charge in [-0.05, 0) is 46.5 Å². The second kappa shape index (κ2) is 15.4. The third-order valence-electron chi connectivity index (χ3n) is 9.64. The van der Waals surface area contributed by atoms with Gasteiger partial charge in [0, 0.05) is 50.0 Å². The van der Waals surface area contributed by atoms with Gasteiger partial charge < -0.3 is 20.1 Å². The Hall–Kier alpha value is -5.44. The molecule has 4 aromatic rings. The van der Waals surface area contributed by atoms with Crippen molar-refractivity contribution in [3.8, 4) is 11.5 Å². The molecule has 0 fully saturated rings. The number of nitrogens with zero attached hydrogens (tertiary/aromatic N) is 2. The van der Waals surface area contributed by atoms with Gasteiger partial charge >= 0.3 is 0 Å². The maximum Gasteiger partial charge on any atom is 0.272 e. The van der Waals surface area contributed by atoms with Crippen molar-refractivity contribution in [2.45, 2.75) is 38.8 Å². The standard InChI is InChI=1S/2C19H18N2O6S2/c2*1-10(22)20-13-8-28-17-16(13)18(23)21(19(17)24)14(9-29(2,25)26)11-3-4-15-12(7-11)5-6-27-15/h2*3-4,7-8,14H,5-6,9H2,1-2H3,(H,20,22)/t2*14-/m10/s1. The van der Waals surface area contributed by atoms with Gasteiger partial charge in [0.15, 0.2) is 0 Å². The van der Waals surface area contributed by atoms with E-state index in [1.54, 1.807) is 36.4 Å². The lowest BCUT2D eigenvalue weighted by atomic mass is 10.0. The van der Waals surface area contributed by atoms with Crippen LogP contribution in [0.4, 0.5) is 11.4 Å². The monoisotopic (exact) mass is 868 g/mol. The number of benzene rings is 2. The molecular weight excluding hydrogens is 833 g/mol. The van der Waals surface area contributed by atoms with Crippen LogP contribution in [0.5, 0.6) is 11.5 Å². The summed E-state index contributed by atoms with van der Waals surface area (Å²) in [4.78, 5) is 77.6. The molecular formula is C38H36N4O12S4. The summed E-state index contributed by atoms with van der Waals surface area (Å²) in [6.45, 7) is 3.69. The topological polar surface area (TPSA) is 220 Å². The van der Waals surface area contributed by atoms with E-state index in [1.165, 1.54) is 24.6 Å². The number of rotatable bonds is 10. The quantitative estimate of drug-likeness (QED) is 0.216. The Morgan fingerprint density at radius 1 is 0.655 bits per heavy atom. The first-order valence-corrected chi connectivity index (χ1v) is 23.6. The number of carbonyl (C=O) groups is 6. The lowest BCUT2D eigenvalue weighted by molar-refractivity contribution is -0.115. The largest absolute Gasteiger partial charge is 0.493 e. The molecule has 0 saturated heterocycles. The van der Waals surface area contributed by atoms with Gasteiger partial charge in [-0.3, -0.25) is 38.6 Å². The van der Waals surface area contributed by atoms with Crippen LogP contribution in [-0.2, 0) is 42.1 Å². The summed E-state index contributed by atoms with van der Waals surface area (Å²) in [6, 6.07) is 8.47. The molecule has 0 unspecified atom stereocenters. The SMILES string of the molecule is CC(=O)Nc1csc2c1C(=O)N([C@@H](CS(C)(=O)=O)c1ccc3c(c1)CCO3)C2=O.CC(=O)Nc1csc2c1C(=O)N([C@H](CS(C)(=O)=O)c1ccc3c(c1)CCO3)C2=O. The Morgan fingerprint density at radius 3 is 1.38 bits per heavy atom. The van der Waals surface area contributed by atoms with Gasteiger partial charge in [-0.15, -0.1) is 22.7 Å². The third kappa shape index (κ3) is 8.00. The molecule has 2 aromatic heterocycles. The van der Waals surface area contributed by atoms with Crippen molar-refractivity contribution in [1.29, 1.82) is 0 Å². The van der Waals surface area contributed by atoms with Crippen LogP contribution in [0.25, 0.3) is 0 Å². The van der Waals surface area contributed by atoms with Gasteiger partial charge in [0.05, 0.1) is 59.3 Å². The Balaban J connectivity index is 0.000000177. The number of nitrogens with one attached hydrogen (secondary N) is 2. The smallest absolute Gasteiger partial charge is 0.272 e. The van der Waals surface area contributed by atoms with E-state index in [-0.39, 0.29) is 44.1 Å². The van der Waals surface area contributed by atoms with Crippen molar-refractivity contribution >= 4 is 89.2 Å². The van der Waals surface area contributed by atoms with Crippen molar-refractivity contribution in [1.82, 2.24) is 9.80 Å². The molecule has 6 heterocycles. The predicted molar refractivity (Wildman–Crippen MR) is 214 cm³/mol. The first-order valence-electron chi connectivity index (χ1n) is 17.7. The Kier molecular flexibility index (Phi) is 10.8. The van der Waals surface area contributed by atoms with Crippen molar-refractivity contribution in [3.63, 3.8) is 0 Å². The molecule has 58 heavy (non-hydrogen) atoms. The summed E-state index contributed by atoms with van der Waals surface area (Å²) in [5.74, 6) is -2.42. The second-order valence-electron chi connectivity index (χ2n) is 14.2. The number of thiophene rings is 2. The van der Waals surface area contributed by atoms with Crippen LogP contribution in [0.1, 0.15) is 88.2 Å². The fourth-order valence-corrected chi connectivity index (χ4v) is 11.0. The molecule has 20 heteroatoms. The average molecular weight is 869 g/mol. The molecule has 6 amide bonds. The molecule has 4 aliphatic heterocycles. The van der Waals surface area contributed by atoms with E-state index in [4.69, 9.17) is 9.47 Å². The molecule has 0 bridgehead atoms. The number of fused-ring (bicyclic) bond motifs is 4. The average Bonchev–Trinajstić information content (AvgIpc) is 3.98. The first-order chi connectivity index (χ1) is 27.3. The highest BCUT2D eigenvalue weighted by atomic mass is 32.2. The Morgan fingerprint density at radius 2 is 1.03 bits per heavy atom. The van der Waals surface area contributed by atoms with Crippen molar-refractivity contribution < 1.29 is 55.1 Å². The third-order valence-corrected chi connectivity index (χ3v) is 13.4. The van der Waals surface area contributed by atoms with Crippen LogP contribution in [-0.4, -0.2) is 99.3 Å². The van der Waals surface area contributed by atoms with Crippen LogP contribution < -0.4 is 20.1 Å². The summed E-state index contributed by atoms with van der Waals surface area (Å²) in [6.07, 6.45) is 3.49. The molecule has 304 valence electrons. The van der Waals surface area contributed by atoms with Gasteiger partial charge in [-0.25, -0.2) is 16.8 Å². The van der Waals surface area contributed by atoms with Crippen LogP contribution >= 0.6 is 22.7 Å². The molecule has 0 radical (unpaired) electrons. The number of hydrogen-bond acceptors (Lipinski definition) is 14. The Bertz CT molecular complexity index is 2480. The summed E-state index contributed by atoms with van der Waals surface area (Å²) < 4.78 is 59.4. The second-order valence-corrected chi connectivity index (χ2v) is 20.3. The van der Waals surface area contributed by atoms with E-state index in [2.05, 4.69) is 10.6 Å². The predicted octanol–water partition coefficient (Wildman–Crippen LogP) is 4.05. The van der Waals surface area contributed by atoms with E-state index in [1.807, 2.05) is 0 Å². The van der Waals surface area contributed by atoms with Crippen LogP contribution in [0.15, 0.2) is 47.2 Å². The number of carbonyl (C=O) groups excluding carboxylic acids is 6. The zero-order chi connectivity index (χ0) is 41.8. The molecule has 0 spiro atoms. The van der Waals surface area contributed by atoms with Crippen LogP contribution in [0.3, 0.4) is 0 Å². The lowest BCUT2D eigenvalue weighted by Gasteiger charge is -2.26. The van der Waals surface area contributed by atoms with Gasteiger partial charge in [0.2, 0.25) is 11.8 Å². The van der Waals surface area contributed by atoms with Crippen molar-refractivity contribution in [2.24, 2.45) is 0 Å². The van der Waals surface area contributed by atoms with Gasteiger partial charge in [-0.2, -0.15) is 0 Å². The lowest BCUT2D eigenvalue weighted by Crippen LogP contribution is -2.38. The van der Waals surface area contributed by atoms with Crippen molar-refractivity contribution in [2.75, 3.05) is 47.9 Å². The summed E-state index contributed by atoms with van der Waals surface area (Å²) >= 11 is 2.10. The maximum absolute atomic E-state index is 13.1. The molecule has 2 aromatic carbocycles. The van der Waals surface area contributed by atoms with Crippen molar-refractivity contribution in [3.05, 3.63) is 90.3 Å². The first kappa shape index (κ1) is 40.7. The minimum atomic E-state index is -3.51. The van der Waals surface area contributed by atoms with E-state index >= 15 is 0 Å². The van der Waals surface area contributed by atoms with E-state index in [0.29, 0.717) is 37.2 Å². The van der Waals surface area contributed by atoms with E-state index in [9.17, 15) is 45.6 Å². The highest BCUT2D eigenvalue weighted by Gasteiger charge is 2.46. The van der Waals surface area contributed by atoms with Crippen LogP contribution in [0, 0.1) is 0 Å². The fraction of sp³-hybridized carbons (Fsp3) is 0.316. The minimum Gasteiger partial charge on any atom is -0.493 e. The maximum atomic E-state index is 13.1. The normalized spacial score (nSPS) is 16.4. The Labute approximate surface area is 341 Å². The number of amides is 6. The number of anilines is 2. The molecule has 8 rings (SSSR count). The van der Waals surface area contributed by atoms with Gasteiger partial charge in [0.1, 0.15) is 40.9 Å². The van der Waals surface area contributed by atoms with E-state index < -0.39 is 66.9 Å². The molecule has 0 saturated carbocycles. The summed E-state index contributed by atoms with van der Waals surface area (Å²) in [7, 11) is -7.03. The fourth-order valence-electron chi connectivity index (χ4n) is 7.27. The summed E-state index contributed by atoms with van der Waals surface area (Å²) in [5.41, 5.74) is 3.67. The molecule has 2 N–H and O–H groups in total. The minimum absolute atomic E-state index is 0.109. The zero-order valence-corrected chi connectivity index (χ0v) is 34.7. The molecule has 4 aliphatic rings. The number of sulfone groups is 2. The molecule has 2 atom stereocenters. The molecule has 0 aliphatic carbocycles. The highest BCUT2D eigenvalue weighted by molar-refractivity contribution is 7.90. The number of hydrogen-bond donors (Lipinski definition) is 2. The zero-order valence-electron chi connectivity index (χ0n) is 31.4. The van der Waals surface area contributed by atoms with Gasteiger partial charge in [-0.1, -0.05) is 12.1 Å². The summed E-state index contributed by atoms with van der Waals surface area (Å²) in [5, 5.41) is 8.19. The highest BCUT2D eigenvalue weighted by Crippen LogP contribution is 2.42. The van der Waals surface area contributed by atoms with Gasteiger partial charge in [0.25, 0.3) is 23.6 Å². The number of imide groups is 2. The van der Waals surface area contributed by atoms with E-state index in [0.717, 1.165) is 67.6 Å². The molecule has 16 nitrogen and oxygen atoms in total.